The van der Waals surface area contributed by atoms with Gasteiger partial charge in [0.05, 0.1) is 0 Å². The second-order valence-electron chi connectivity index (χ2n) is 4.51. The zero-order chi connectivity index (χ0) is 12.7. The quantitative estimate of drug-likeness (QED) is 0.594. The summed E-state index contributed by atoms with van der Waals surface area (Å²) >= 11 is 0. The molecule has 0 saturated carbocycles. The van der Waals surface area contributed by atoms with E-state index in [0.29, 0.717) is 6.42 Å². The van der Waals surface area contributed by atoms with Gasteiger partial charge in [0, 0.05) is 6.42 Å². The van der Waals surface area contributed by atoms with Gasteiger partial charge in [-0.05, 0) is 23.7 Å². The monoisotopic (exact) mass is 252 g/mol. The van der Waals surface area contributed by atoms with E-state index in [4.69, 9.17) is 4.43 Å². The first-order chi connectivity index (χ1) is 8.15. The van der Waals surface area contributed by atoms with E-state index in [1.807, 2.05) is 30.3 Å². The van der Waals surface area contributed by atoms with E-state index < -0.39 is 14.6 Å². The molecule has 1 aromatic carbocycles. The van der Waals surface area contributed by atoms with Crippen molar-refractivity contribution in [3.8, 4) is 0 Å². The zero-order valence-electron chi connectivity index (χ0n) is 11.1. The van der Waals surface area contributed by atoms with Gasteiger partial charge < -0.3 is 9.53 Å². The number of hydrogen-bond acceptors (Lipinski definition) is 2. The van der Waals surface area contributed by atoms with Crippen molar-refractivity contribution in [1.29, 1.82) is 0 Å². The van der Waals surface area contributed by atoms with Crippen LogP contribution in [0.15, 0.2) is 30.3 Å². The Hall–Kier alpha value is -0.643. The lowest BCUT2D eigenvalue weighted by atomic mass is 10.1. The molecule has 1 atom stereocenters. The molecule has 1 N–H and O–H groups in total. The third-order valence-corrected chi connectivity index (χ3v) is 8.21. The van der Waals surface area contributed by atoms with Crippen LogP contribution in [-0.4, -0.2) is 19.7 Å². The summed E-state index contributed by atoms with van der Waals surface area (Å²) in [7, 11) is -1.68. The van der Waals surface area contributed by atoms with E-state index in [1.165, 1.54) is 0 Å². The number of hydrogen-bond donors (Lipinski definition) is 1. The number of aliphatic hydroxyl groups is 1. The molecule has 17 heavy (non-hydrogen) atoms. The van der Waals surface area contributed by atoms with Crippen molar-refractivity contribution in [1.82, 2.24) is 0 Å². The highest BCUT2D eigenvalue weighted by molar-refractivity contribution is 6.73. The molecule has 0 radical (unpaired) electrons. The third-order valence-electron chi connectivity index (χ3n) is 3.57. The van der Waals surface area contributed by atoms with E-state index >= 15 is 0 Å². The molecule has 1 aromatic rings. The lowest BCUT2D eigenvalue weighted by molar-refractivity contribution is -0.0251. The largest absolute Gasteiger partial charge is 0.392 e. The molecular formula is C14H24O2Si. The lowest BCUT2D eigenvalue weighted by Crippen LogP contribution is -2.40. The van der Waals surface area contributed by atoms with Crippen LogP contribution in [0.2, 0.25) is 18.1 Å². The van der Waals surface area contributed by atoms with Gasteiger partial charge in [0.2, 0.25) is 0 Å². The number of rotatable bonds is 7. The van der Waals surface area contributed by atoms with Gasteiger partial charge in [-0.15, -0.1) is 0 Å². The molecule has 0 bridgehead atoms. The van der Waals surface area contributed by atoms with Gasteiger partial charge in [-0.3, -0.25) is 0 Å². The van der Waals surface area contributed by atoms with E-state index in [0.717, 1.165) is 23.7 Å². The van der Waals surface area contributed by atoms with Crippen LogP contribution in [0.5, 0.6) is 0 Å². The summed E-state index contributed by atoms with van der Waals surface area (Å²) in [4.78, 5) is 0. The average Bonchev–Trinajstić information content (AvgIpc) is 2.37. The SMILES string of the molecule is CC[Si](CC)(CC)OC(O)Cc1ccccc1. The molecule has 3 heteroatoms. The minimum absolute atomic E-state index is 0.593. The first-order valence-electron chi connectivity index (χ1n) is 6.55. The second-order valence-corrected chi connectivity index (χ2v) is 9.23. The molecule has 0 saturated heterocycles. The average molecular weight is 252 g/mol. The van der Waals surface area contributed by atoms with Crippen molar-refractivity contribution in [3.05, 3.63) is 35.9 Å². The van der Waals surface area contributed by atoms with E-state index in [9.17, 15) is 5.11 Å². The molecule has 0 heterocycles. The van der Waals surface area contributed by atoms with Crippen LogP contribution >= 0.6 is 0 Å². The summed E-state index contributed by atoms with van der Waals surface area (Å²) in [6.45, 7) is 6.53. The molecule has 0 aliphatic heterocycles. The van der Waals surface area contributed by atoms with Crippen LogP contribution in [0.4, 0.5) is 0 Å². The Kier molecular flexibility index (Phi) is 5.89. The normalized spacial score (nSPS) is 13.6. The molecule has 96 valence electrons. The van der Waals surface area contributed by atoms with Crippen molar-refractivity contribution < 1.29 is 9.53 Å². The predicted molar refractivity (Wildman–Crippen MR) is 74.4 cm³/mol. The van der Waals surface area contributed by atoms with Crippen LogP contribution in [0.1, 0.15) is 26.3 Å². The highest BCUT2D eigenvalue weighted by Gasteiger charge is 2.31. The van der Waals surface area contributed by atoms with Crippen molar-refractivity contribution in [3.63, 3.8) is 0 Å². The van der Waals surface area contributed by atoms with Gasteiger partial charge >= 0.3 is 0 Å². The molecule has 0 aromatic heterocycles. The molecule has 0 fully saturated rings. The van der Waals surface area contributed by atoms with Gasteiger partial charge in [-0.25, -0.2) is 0 Å². The minimum atomic E-state index is -1.68. The van der Waals surface area contributed by atoms with E-state index in [1.54, 1.807) is 0 Å². The topological polar surface area (TPSA) is 29.5 Å². The van der Waals surface area contributed by atoms with E-state index in [-0.39, 0.29) is 0 Å². The molecule has 0 spiro atoms. The van der Waals surface area contributed by atoms with Crippen LogP contribution in [-0.2, 0) is 10.8 Å². The highest BCUT2D eigenvalue weighted by atomic mass is 28.4. The Morgan fingerprint density at radius 2 is 1.59 bits per heavy atom. The maximum Gasteiger partial charge on any atom is 0.195 e. The smallest absolute Gasteiger partial charge is 0.195 e. The molecule has 0 aliphatic rings. The fourth-order valence-electron chi connectivity index (χ4n) is 2.15. The molecule has 1 unspecified atom stereocenters. The predicted octanol–water partition coefficient (Wildman–Crippen LogP) is 3.57. The lowest BCUT2D eigenvalue weighted by Gasteiger charge is -2.30. The highest BCUT2D eigenvalue weighted by Crippen LogP contribution is 2.23. The van der Waals surface area contributed by atoms with Gasteiger partial charge in [0.15, 0.2) is 8.32 Å². The third kappa shape index (κ3) is 4.26. The summed E-state index contributed by atoms with van der Waals surface area (Å²) in [5, 5.41) is 10.0. The van der Waals surface area contributed by atoms with Gasteiger partial charge in [0.25, 0.3) is 0 Å². The Morgan fingerprint density at radius 1 is 1.06 bits per heavy atom. The summed E-state index contributed by atoms with van der Waals surface area (Å²) in [5.41, 5.74) is 1.13. The maximum atomic E-state index is 10.0. The fraction of sp³-hybridized carbons (Fsp3) is 0.571. The Labute approximate surface area is 106 Å². The van der Waals surface area contributed by atoms with Crippen LogP contribution in [0.25, 0.3) is 0 Å². The van der Waals surface area contributed by atoms with Crippen LogP contribution in [0, 0.1) is 0 Å². The summed E-state index contributed by atoms with van der Waals surface area (Å²) in [6, 6.07) is 13.3. The minimum Gasteiger partial charge on any atom is -0.392 e. The van der Waals surface area contributed by atoms with Crippen molar-refractivity contribution in [2.45, 2.75) is 51.6 Å². The molecular weight excluding hydrogens is 228 g/mol. The Bertz CT molecular complexity index is 301. The first-order valence-corrected chi connectivity index (χ1v) is 9.08. The van der Waals surface area contributed by atoms with Crippen LogP contribution < -0.4 is 0 Å². The molecule has 1 rings (SSSR count). The Balaban J connectivity index is 2.56. The standard InChI is InChI=1S/C14H24O2Si/c1-4-17(5-2,6-3)16-14(15)12-13-10-8-7-9-11-13/h7-11,14-15H,4-6,12H2,1-3H3. The van der Waals surface area contributed by atoms with Crippen molar-refractivity contribution in [2.24, 2.45) is 0 Å². The summed E-state index contributed by atoms with van der Waals surface area (Å²) in [5.74, 6) is 0. The number of aliphatic hydroxyl groups excluding tert-OH is 1. The zero-order valence-corrected chi connectivity index (χ0v) is 12.1. The van der Waals surface area contributed by atoms with Crippen LogP contribution in [0.3, 0.4) is 0 Å². The Morgan fingerprint density at radius 3 is 2.06 bits per heavy atom. The van der Waals surface area contributed by atoms with Gasteiger partial charge in [-0.1, -0.05) is 51.1 Å². The van der Waals surface area contributed by atoms with E-state index in [2.05, 4.69) is 20.8 Å². The maximum absolute atomic E-state index is 10.0. The number of benzene rings is 1. The fourth-order valence-corrected chi connectivity index (χ4v) is 4.81. The molecule has 2 nitrogen and oxygen atoms in total. The van der Waals surface area contributed by atoms with Crippen molar-refractivity contribution >= 4 is 8.32 Å². The van der Waals surface area contributed by atoms with Gasteiger partial charge in [0.1, 0.15) is 6.29 Å². The van der Waals surface area contributed by atoms with Crippen molar-refractivity contribution in [2.75, 3.05) is 0 Å². The molecule has 0 amide bonds. The summed E-state index contributed by atoms with van der Waals surface area (Å²) < 4.78 is 5.98. The molecule has 0 aliphatic carbocycles. The summed E-state index contributed by atoms with van der Waals surface area (Å²) in [6.07, 6.45) is -0.0563. The second kappa shape index (κ2) is 6.94. The first kappa shape index (κ1) is 14.4. The van der Waals surface area contributed by atoms with Gasteiger partial charge in [-0.2, -0.15) is 0 Å².